The normalized spacial score (nSPS) is 22.4. The third kappa shape index (κ3) is 2.35. The Bertz CT molecular complexity index is 185. The Labute approximate surface area is 67.2 Å². The minimum Gasteiger partial charge on any atom is -0.383 e. The molecule has 0 aliphatic carbocycles. The van der Waals surface area contributed by atoms with Crippen LogP contribution in [0.5, 0.6) is 0 Å². The number of nitrogens with zero attached hydrogens (tertiary/aromatic N) is 1. The van der Waals surface area contributed by atoms with E-state index in [2.05, 4.69) is 0 Å². The van der Waals surface area contributed by atoms with Crippen molar-refractivity contribution in [2.24, 2.45) is 0 Å². The molecule has 3 nitrogen and oxygen atoms in total. The lowest BCUT2D eigenvalue weighted by Crippen LogP contribution is -2.20. The zero-order valence-corrected chi connectivity index (χ0v) is 7.05. The lowest BCUT2D eigenvalue weighted by Gasteiger charge is -2.17. The maximum absolute atomic E-state index is 7.56. The summed E-state index contributed by atoms with van der Waals surface area (Å²) in [5.41, 5.74) is 1.71. The van der Waals surface area contributed by atoms with Crippen LogP contribution in [0.2, 0.25) is 0 Å². The van der Waals surface area contributed by atoms with Gasteiger partial charge < -0.3 is 15.0 Å². The molecular formula is C8H14N2O. The van der Waals surface area contributed by atoms with E-state index in [-0.39, 0.29) is 0 Å². The van der Waals surface area contributed by atoms with Crippen LogP contribution in [0, 0.1) is 5.41 Å². The fourth-order valence-electron chi connectivity index (χ4n) is 1.03. The fourth-order valence-corrected chi connectivity index (χ4v) is 1.03. The molecule has 1 aliphatic rings. The van der Waals surface area contributed by atoms with Crippen LogP contribution in [-0.4, -0.2) is 37.9 Å². The minimum atomic E-state index is 0.594. The maximum atomic E-state index is 7.56. The zero-order valence-electron chi connectivity index (χ0n) is 7.05. The molecule has 0 unspecified atom stereocenters. The first kappa shape index (κ1) is 8.27. The number of rotatable bonds is 1. The second-order valence-corrected chi connectivity index (χ2v) is 2.90. The second kappa shape index (κ2) is 3.53. The SMILES string of the molecule is CN(C)C=C1COCCC1=N. The monoisotopic (exact) mass is 154 g/mol. The lowest BCUT2D eigenvalue weighted by atomic mass is 10.1. The highest BCUT2D eigenvalue weighted by Gasteiger charge is 2.11. The van der Waals surface area contributed by atoms with Crippen molar-refractivity contribution in [2.75, 3.05) is 27.3 Å². The van der Waals surface area contributed by atoms with Crippen molar-refractivity contribution in [3.05, 3.63) is 11.8 Å². The van der Waals surface area contributed by atoms with Gasteiger partial charge in [0.05, 0.1) is 13.2 Å². The van der Waals surface area contributed by atoms with E-state index >= 15 is 0 Å². The first-order chi connectivity index (χ1) is 5.20. The molecule has 1 rings (SSSR count). The van der Waals surface area contributed by atoms with E-state index in [0.717, 1.165) is 12.0 Å². The van der Waals surface area contributed by atoms with E-state index in [1.165, 1.54) is 0 Å². The van der Waals surface area contributed by atoms with Gasteiger partial charge in [0.1, 0.15) is 0 Å². The van der Waals surface area contributed by atoms with E-state index in [1.807, 2.05) is 25.2 Å². The largest absolute Gasteiger partial charge is 0.383 e. The summed E-state index contributed by atoms with van der Waals surface area (Å²) >= 11 is 0. The Kier molecular flexibility index (Phi) is 2.65. The van der Waals surface area contributed by atoms with E-state index in [4.69, 9.17) is 10.1 Å². The molecular weight excluding hydrogens is 140 g/mol. The van der Waals surface area contributed by atoms with Gasteiger partial charge in [0.2, 0.25) is 0 Å². The summed E-state index contributed by atoms with van der Waals surface area (Å²) in [5.74, 6) is 0. The molecule has 0 saturated carbocycles. The van der Waals surface area contributed by atoms with Gasteiger partial charge in [0.25, 0.3) is 0 Å². The molecule has 3 heteroatoms. The molecule has 1 N–H and O–H groups in total. The van der Waals surface area contributed by atoms with E-state index in [0.29, 0.717) is 18.9 Å². The highest BCUT2D eigenvalue weighted by atomic mass is 16.5. The highest BCUT2D eigenvalue weighted by Crippen LogP contribution is 2.08. The third-order valence-corrected chi connectivity index (χ3v) is 1.56. The summed E-state index contributed by atoms with van der Waals surface area (Å²) < 4.78 is 5.22. The number of hydrogen-bond acceptors (Lipinski definition) is 3. The molecule has 1 fully saturated rings. The van der Waals surface area contributed by atoms with Crippen molar-refractivity contribution >= 4 is 5.71 Å². The Balaban J connectivity index is 2.61. The highest BCUT2D eigenvalue weighted by molar-refractivity contribution is 5.98. The van der Waals surface area contributed by atoms with Gasteiger partial charge in [-0.05, 0) is 0 Å². The number of hydrogen-bond donors (Lipinski definition) is 1. The van der Waals surface area contributed by atoms with Crippen LogP contribution in [0.4, 0.5) is 0 Å². The summed E-state index contributed by atoms with van der Waals surface area (Å²) in [6.45, 7) is 1.29. The van der Waals surface area contributed by atoms with Gasteiger partial charge in [-0.25, -0.2) is 0 Å². The molecule has 0 aromatic rings. The summed E-state index contributed by atoms with van der Waals surface area (Å²) in [6.07, 6.45) is 2.70. The molecule has 1 aliphatic heterocycles. The topological polar surface area (TPSA) is 36.3 Å². The van der Waals surface area contributed by atoms with Crippen LogP contribution >= 0.6 is 0 Å². The average Bonchev–Trinajstić information content (AvgIpc) is 1.93. The summed E-state index contributed by atoms with van der Waals surface area (Å²) in [4.78, 5) is 1.94. The molecule has 62 valence electrons. The van der Waals surface area contributed by atoms with Crippen LogP contribution in [0.1, 0.15) is 6.42 Å². The molecule has 1 saturated heterocycles. The Morgan fingerprint density at radius 1 is 1.55 bits per heavy atom. The molecule has 0 aromatic carbocycles. The molecule has 0 amide bonds. The van der Waals surface area contributed by atoms with Crippen molar-refractivity contribution in [3.63, 3.8) is 0 Å². The number of ether oxygens (including phenoxy) is 1. The molecule has 0 atom stereocenters. The van der Waals surface area contributed by atoms with Crippen molar-refractivity contribution in [3.8, 4) is 0 Å². The first-order valence-corrected chi connectivity index (χ1v) is 3.73. The van der Waals surface area contributed by atoms with Crippen LogP contribution in [0.25, 0.3) is 0 Å². The Morgan fingerprint density at radius 2 is 2.27 bits per heavy atom. The van der Waals surface area contributed by atoms with Gasteiger partial charge in [-0.3, -0.25) is 0 Å². The summed E-state index contributed by atoms with van der Waals surface area (Å²) in [6, 6.07) is 0. The zero-order chi connectivity index (χ0) is 8.27. The molecule has 0 bridgehead atoms. The summed E-state index contributed by atoms with van der Waals surface area (Å²) in [7, 11) is 3.91. The van der Waals surface area contributed by atoms with Gasteiger partial charge in [0, 0.05) is 38.0 Å². The van der Waals surface area contributed by atoms with E-state index in [1.54, 1.807) is 0 Å². The van der Waals surface area contributed by atoms with Crippen LogP contribution in [0.15, 0.2) is 11.8 Å². The fraction of sp³-hybridized carbons (Fsp3) is 0.625. The standard InChI is InChI=1S/C8H14N2O/c1-10(2)5-7-6-11-4-3-8(7)9/h5,9H,3-4,6H2,1-2H3. The van der Waals surface area contributed by atoms with E-state index in [9.17, 15) is 0 Å². The first-order valence-electron chi connectivity index (χ1n) is 3.73. The van der Waals surface area contributed by atoms with Crippen LogP contribution < -0.4 is 0 Å². The number of nitrogens with one attached hydrogen (secondary N) is 1. The predicted molar refractivity (Wildman–Crippen MR) is 44.9 cm³/mol. The second-order valence-electron chi connectivity index (χ2n) is 2.90. The quantitative estimate of drug-likeness (QED) is 0.608. The van der Waals surface area contributed by atoms with Gasteiger partial charge in [-0.15, -0.1) is 0 Å². The Morgan fingerprint density at radius 3 is 2.82 bits per heavy atom. The van der Waals surface area contributed by atoms with Gasteiger partial charge in [0.15, 0.2) is 0 Å². The molecule has 0 aromatic heterocycles. The predicted octanol–water partition coefficient (Wildman–Crippen LogP) is 0.872. The minimum absolute atomic E-state index is 0.594. The van der Waals surface area contributed by atoms with Gasteiger partial charge in [-0.2, -0.15) is 0 Å². The van der Waals surface area contributed by atoms with Crippen molar-refractivity contribution in [2.45, 2.75) is 6.42 Å². The molecule has 1 heterocycles. The van der Waals surface area contributed by atoms with Gasteiger partial charge in [-0.1, -0.05) is 0 Å². The maximum Gasteiger partial charge on any atom is 0.0748 e. The van der Waals surface area contributed by atoms with Crippen molar-refractivity contribution in [1.29, 1.82) is 5.41 Å². The van der Waals surface area contributed by atoms with Crippen molar-refractivity contribution < 1.29 is 4.74 Å². The van der Waals surface area contributed by atoms with Crippen molar-refractivity contribution in [1.82, 2.24) is 4.90 Å². The smallest absolute Gasteiger partial charge is 0.0748 e. The van der Waals surface area contributed by atoms with Crippen LogP contribution in [-0.2, 0) is 4.74 Å². The van der Waals surface area contributed by atoms with Crippen LogP contribution in [0.3, 0.4) is 0 Å². The average molecular weight is 154 g/mol. The Hall–Kier alpha value is -0.830. The molecule has 11 heavy (non-hydrogen) atoms. The summed E-state index contributed by atoms with van der Waals surface area (Å²) in [5, 5.41) is 7.56. The van der Waals surface area contributed by atoms with E-state index < -0.39 is 0 Å². The lowest BCUT2D eigenvalue weighted by molar-refractivity contribution is 0.156. The molecule has 0 spiro atoms. The third-order valence-electron chi connectivity index (χ3n) is 1.56. The van der Waals surface area contributed by atoms with Gasteiger partial charge >= 0.3 is 0 Å². The molecule has 0 radical (unpaired) electrons.